The highest BCUT2D eigenvalue weighted by atomic mass is 16.5. The van der Waals surface area contributed by atoms with E-state index in [1.165, 1.54) is 0 Å². The fourth-order valence-corrected chi connectivity index (χ4v) is 4.52. The predicted octanol–water partition coefficient (Wildman–Crippen LogP) is 2.84. The normalized spacial score (nSPS) is 21.7. The first-order chi connectivity index (χ1) is 16.8. The third-order valence-electron chi connectivity index (χ3n) is 6.33. The van der Waals surface area contributed by atoms with Gasteiger partial charge in [0, 0.05) is 19.3 Å². The number of ether oxygens (including phenoxy) is 2. The van der Waals surface area contributed by atoms with Gasteiger partial charge in [-0.15, -0.1) is 0 Å². The maximum absolute atomic E-state index is 13.3. The number of rotatable bonds is 5. The number of aromatic nitrogens is 1. The summed E-state index contributed by atoms with van der Waals surface area (Å²) in [6.07, 6.45) is 1.11. The topological polar surface area (TPSA) is 135 Å². The summed E-state index contributed by atoms with van der Waals surface area (Å²) in [7, 11) is 1.74. The van der Waals surface area contributed by atoms with Crippen molar-refractivity contribution in [3.05, 3.63) is 35.2 Å². The number of aryl methyl sites for hydroxylation is 2. The van der Waals surface area contributed by atoms with E-state index in [-0.39, 0.29) is 43.1 Å². The Morgan fingerprint density at radius 3 is 2.71 bits per heavy atom. The molecule has 188 valence electrons. The summed E-state index contributed by atoms with van der Waals surface area (Å²) in [5.41, 5.74) is 1.86. The van der Waals surface area contributed by atoms with Gasteiger partial charge in [-0.1, -0.05) is 5.16 Å². The lowest BCUT2D eigenvalue weighted by molar-refractivity contribution is -0.133. The van der Waals surface area contributed by atoms with Crippen LogP contribution >= 0.6 is 0 Å². The van der Waals surface area contributed by atoms with Gasteiger partial charge in [-0.2, -0.15) is 0 Å². The predicted molar refractivity (Wildman–Crippen MR) is 128 cm³/mol. The summed E-state index contributed by atoms with van der Waals surface area (Å²) in [5, 5.41) is 12.1. The second-order valence-electron chi connectivity index (χ2n) is 8.82. The van der Waals surface area contributed by atoms with Gasteiger partial charge in [0.1, 0.15) is 29.8 Å². The number of hydrogen-bond acceptors (Lipinski definition) is 7. The number of nitrogens with zero attached hydrogens (tertiary/aromatic N) is 2. The highest BCUT2D eigenvalue weighted by molar-refractivity contribution is 6.03. The summed E-state index contributed by atoms with van der Waals surface area (Å²) in [5.74, 6) is 0.635. The van der Waals surface area contributed by atoms with Crippen LogP contribution in [0.15, 0.2) is 22.7 Å². The van der Waals surface area contributed by atoms with Crippen LogP contribution in [-0.4, -0.2) is 66.4 Å². The number of anilines is 2. The number of benzene rings is 1. The van der Waals surface area contributed by atoms with E-state index in [4.69, 9.17) is 14.0 Å². The van der Waals surface area contributed by atoms with Gasteiger partial charge < -0.3 is 34.8 Å². The Bertz CT molecular complexity index is 1100. The van der Waals surface area contributed by atoms with Crippen molar-refractivity contribution in [2.45, 2.75) is 58.3 Å². The third-order valence-corrected chi connectivity index (χ3v) is 6.33. The third kappa shape index (κ3) is 5.40. The van der Waals surface area contributed by atoms with Crippen molar-refractivity contribution < 1.29 is 28.4 Å². The summed E-state index contributed by atoms with van der Waals surface area (Å²) in [6, 6.07) is 4.26. The quantitative estimate of drug-likeness (QED) is 0.593. The number of urea groups is 1. The maximum atomic E-state index is 13.3. The maximum Gasteiger partial charge on any atom is 0.323 e. The molecule has 3 atom stereocenters. The first kappa shape index (κ1) is 24.5. The van der Waals surface area contributed by atoms with Gasteiger partial charge in [0.2, 0.25) is 5.91 Å². The van der Waals surface area contributed by atoms with Crippen LogP contribution in [0.4, 0.5) is 16.2 Å². The summed E-state index contributed by atoms with van der Waals surface area (Å²) in [6.45, 7) is 6.14. The Labute approximate surface area is 203 Å². The molecule has 0 aliphatic carbocycles. The van der Waals surface area contributed by atoms with E-state index >= 15 is 0 Å². The first-order valence-corrected chi connectivity index (χ1v) is 11.7. The van der Waals surface area contributed by atoms with Crippen molar-refractivity contribution in [3.8, 4) is 5.75 Å². The van der Waals surface area contributed by atoms with Crippen LogP contribution in [0.2, 0.25) is 0 Å². The Morgan fingerprint density at radius 1 is 1.20 bits per heavy atom. The van der Waals surface area contributed by atoms with Gasteiger partial charge in [0.15, 0.2) is 5.76 Å². The van der Waals surface area contributed by atoms with Crippen LogP contribution in [0.3, 0.4) is 0 Å². The van der Waals surface area contributed by atoms with Crippen molar-refractivity contribution >= 4 is 29.2 Å². The zero-order chi connectivity index (χ0) is 25.1. The minimum Gasteiger partial charge on any atom is -0.490 e. The van der Waals surface area contributed by atoms with E-state index in [0.717, 1.165) is 0 Å². The number of carbonyl (C=O) groups is 3. The van der Waals surface area contributed by atoms with Crippen LogP contribution in [-0.2, 0) is 9.53 Å². The highest BCUT2D eigenvalue weighted by Crippen LogP contribution is 2.32. The molecule has 2 aliphatic heterocycles. The zero-order valence-electron chi connectivity index (χ0n) is 20.3. The molecule has 3 N–H and O–H groups in total. The van der Waals surface area contributed by atoms with Gasteiger partial charge in [0.05, 0.1) is 24.1 Å². The second kappa shape index (κ2) is 10.3. The SMILES string of the molecule is CCNC(=O)C[C@H]1CC[C@@H]2[C@H](COc3ccc(NC(=O)Nc4c(C)noc4C)cc3C(=O)N2C)O1. The number of hydrogen-bond donors (Lipinski definition) is 3. The smallest absolute Gasteiger partial charge is 0.323 e. The Kier molecular flexibility index (Phi) is 7.25. The molecular weight excluding hydrogens is 454 g/mol. The van der Waals surface area contributed by atoms with Gasteiger partial charge in [0.25, 0.3) is 5.91 Å². The zero-order valence-corrected chi connectivity index (χ0v) is 20.3. The average Bonchev–Trinajstić information content (AvgIpc) is 3.14. The molecule has 2 aromatic rings. The molecule has 11 nitrogen and oxygen atoms in total. The lowest BCUT2D eigenvalue weighted by Crippen LogP contribution is -2.54. The van der Waals surface area contributed by atoms with Crippen molar-refractivity contribution in [2.24, 2.45) is 0 Å². The van der Waals surface area contributed by atoms with E-state index < -0.39 is 6.03 Å². The fraction of sp³-hybridized carbons (Fsp3) is 0.500. The average molecular weight is 486 g/mol. The molecular formula is C24H31N5O6. The van der Waals surface area contributed by atoms with E-state index in [0.29, 0.717) is 53.5 Å². The lowest BCUT2D eigenvalue weighted by atomic mass is 9.94. The van der Waals surface area contributed by atoms with Crippen LogP contribution in [0.5, 0.6) is 5.75 Å². The number of fused-ring (bicyclic) bond motifs is 2. The van der Waals surface area contributed by atoms with Gasteiger partial charge in [-0.05, 0) is 51.8 Å². The van der Waals surface area contributed by atoms with Crippen molar-refractivity contribution in [1.82, 2.24) is 15.4 Å². The van der Waals surface area contributed by atoms with Crippen LogP contribution in [0.25, 0.3) is 0 Å². The monoisotopic (exact) mass is 485 g/mol. The molecule has 35 heavy (non-hydrogen) atoms. The van der Waals surface area contributed by atoms with E-state index in [1.807, 2.05) is 6.92 Å². The molecule has 1 saturated heterocycles. The van der Waals surface area contributed by atoms with Crippen molar-refractivity contribution in [3.63, 3.8) is 0 Å². The number of carbonyl (C=O) groups excluding carboxylic acids is 3. The molecule has 1 fully saturated rings. The van der Waals surface area contributed by atoms with Gasteiger partial charge >= 0.3 is 6.03 Å². The molecule has 11 heteroatoms. The first-order valence-electron chi connectivity index (χ1n) is 11.7. The molecule has 4 amide bonds. The Balaban J connectivity index is 1.46. The number of nitrogens with one attached hydrogen (secondary N) is 3. The standard InChI is InChI=1S/C24H31N5O6/c1-5-25-21(30)11-16-7-8-18-20(34-16)12-33-19-9-6-15(10-17(19)23(31)29(18)4)26-24(32)27-22-13(2)28-35-14(22)3/h6,9-10,16,18,20H,5,7-8,11-12H2,1-4H3,(H,25,30)(H2,26,27,32)/t16-,18-,20+/m1/s1. The molecule has 1 aromatic carbocycles. The van der Waals surface area contributed by atoms with Gasteiger partial charge in [-0.3, -0.25) is 9.59 Å². The minimum atomic E-state index is -0.481. The van der Waals surface area contributed by atoms with Crippen LogP contribution < -0.4 is 20.7 Å². The van der Waals surface area contributed by atoms with E-state index in [2.05, 4.69) is 21.1 Å². The lowest BCUT2D eigenvalue weighted by Gasteiger charge is -2.42. The van der Waals surface area contributed by atoms with E-state index in [1.54, 1.807) is 44.0 Å². The Morgan fingerprint density at radius 2 is 2.00 bits per heavy atom. The second-order valence-corrected chi connectivity index (χ2v) is 8.82. The molecule has 0 radical (unpaired) electrons. The van der Waals surface area contributed by atoms with E-state index in [9.17, 15) is 14.4 Å². The highest BCUT2D eigenvalue weighted by Gasteiger charge is 2.39. The largest absolute Gasteiger partial charge is 0.490 e. The molecule has 3 heterocycles. The molecule has 0 bridgehead atoms. The summed E-state index contributed by atoms with van der Waals surface area (Å²) < 4.78 is 17.2. The Hall–Kier alpha value is -3.60. The van der Waals surface area contributed by atoms with Crippen molar-refractivity contribution in [2.75, 3.05) is 30.8 Å². The molecule has 4 rings (SSSR count). The molecule has 1 aromatic heterocycles. The summed E-state index contributed by atoms with van der Waals surface area (Å²) >= 11 is 0. The summed E-state index contributed by atoms with van der Waals surface area (Å²) in [4.78, 5) is 39.5. The fourth-order valence-electron chi connectivity index (χ4n) is 4.52. The molecule has 0 spiro atoms. The molecule has 2 aliphatic rings. The van der Waals surface area contributed by atoms with Crippen molar-refractivity contribution in [1.29, 1.82) is 0 Å². The molecule has 0 unspecified atom stereocenters. The van der Waals surface area contributed by atoms with Gasteiger partial charge in [-0.25, -0.2) is 4.79 Å². The molecule has 0 saturated carbocycles. The number of likely N-dealkylation sites (N-methyl/N-ethyl adjacent to an activating group) is 1. The van der Waals surface area contributed by atoms with Crippen LogP contribution in [0.1, 0.15) is 48.0 Å². The van der Waals surface area contributed by atoms with Crippen LogP contribution in [0, 0.1) is 13.8 Å². The number of amides is 4. The minimum absolute atomic E-state index is 0.0455.